The molecule has 2 aromatic rings. The first kappa shape index (κ1) is 17.5. The molecule has 9 heteroatoms. The van der Waals surface area contributed by atoms with Crippen molar-refractivity contribution < 1.29 is 32.3 Å². The van der Waals surface area contributed by atoms with Crippen molar-refractivity contribution in [2.75, 3.05) is 7.11 Å². The fraction of sp³-hybridized carbons (Fsp3) is 0.267. The molecule has 0 aliphatic rings. The molecule has 128 valence electrons. The first-order valence-electron chi connectivity index (χ1n) is 6.79. The molecular weight excluding hydrogens is 329 g/mol. The lowest BCUT2D eigenvalue weighted by Crippen LogP contribution is -2.47. The van der Waals surface area contributed by atoms with Gasteiger partial charge in [-0.3, -0.25) is 14.4 Å². The third kappa shape index (κ3) is 3.73. The van der Waals surface area contributed by atoms with Crippen molar-refractivity contribution in [3.05, 3.63) is 36.0 Å². The molecule has 6 nitrogen and oxygen atoms in total. The summed E-state index contributed by atoms with van der Waals surface area (Å²) in [5.74, 6) is -4.05. The monoisotopic (exact) mass is 342 g/mol. The smallest absolute Gasteiger partial charge is 0.469 e. The number of esters is 1. The zero-order valence-corrected chi connectivity index (χ0v) is 12.4. The number of alkyl halides is 3. The molecule has 1 atom stereocenters. The Kier molecular flexibility index (Phi) is 4.91. The van der Waals surface area contributed by atoms with Crippen LogP contribution in [0.2, 0.25) is 0 Å². The van der Waals surface area contributed by atoms with Crippen molar-refractivity contribution in [2.24, 2.45) is 0 Å². The van der Waals surface area contributed by atoms with Gasteiger partial charge in [-0.15, -0.1) is 0 Å². The zero-order valence-electron chi connectivity index (χ0n) is 12.4. The van der Waals surface area contributed by atoms with E-state index in [0.717, 1.165) is 7.11 Å². The molecule has 1 unspecified atom stereocenters. The number of rotatable bonds is 5. The number of benzene rings is 1. The van der Waals surface area contributed by atoms with Crippen LogP contribution in [0, 0.1) is 0 Å². The predicted molar refractivity (Wildman–Crippen MR) is 77.2 cm³/mol. The van der Waals surface area contributed by atoms with Crippen LogP contribution in [-0.2, 0) is 14.3 Å². The highest BCUT2D eigenvalue weighted by Gasteiger charge is 2.41. The fourth-order valence-electron chi connectivity index (χ4n) is 2.16. The number of hydrogen-bond donors (Lipinski definition) is 2. The topological polar surface area (TPSA) is 88.3 Å². The normalized spacial score (nSPS) is 12.7. The molecule has 0 saturated carbocycles. The number of carbonyl (C=O) groups is 3. The van der Waals surface area contributed by atoms with Crippen LogP contribution in [-0.4, -0.2) is 42.0 Å². The average Bonchev–Trinajstić information content (AvgIpc) is 2.96. The first-order valence-corrected chi connectivity index (χ1v) is 6.79. The molecule has 0 bridgehead atoms. The highest BCUT2D eigenvalue weighted by Crippen LogP contribution is 2.21. The molecule has 0 fully saturated rings. The van der Waals surface area contributed by atoms with E-state index in [1.165, 1.54) is 6.20 Å². The molecular formula is C15H13F3N2O4. The summed E-state index contributed by atoms with van der Waals surface area (Å²) in [6.45, 7) is 0. The summed E-state index contributed by atoms with van der Waals surface area (Å²) in [4.78, 5) is 37.8. The molecule has 2 N–H and O–H groups in total. The Bertz CT molecular complexity index is 782. The number of Topliss-reactive ketones (excluding diaryl/α,β-unsaturated/α-hetero) is 1. The number of H-pyrrole nitrogens is 1. The van der Waals surface area contributed by atoms with Crippen LogP contribution in [0.15, 0.2) is 30.5 Å². The van der Waals surface area contributed by atoms with Crippen LogP contribution in [0.4, 0.5) is 13.2 Å². The molecule has 0 saturated heterocycles. The third-order valence-electron chi connectivity index (χ3n) is 3.33. The maximum Gasteiger partial charge on any atom is 0.471 e. The summed E-state index contributed by atoms with van der Waals surface area (Å²) < 4.78 is 41.7. The van der Waals surface area contributed by atoms with Gasteiger partial charge in [0.05, 0.1) is 13.5 Å². The minimum atomic E-state index is -5.17. The van der Waals surface area contributed by atoms with Crippen LogP contribution in [0.5, 0.6) is 0 Å². The molecule has 1 amide bonds. The Morgan fingerprint density at radius 2 is 1.92 bits per heavy atom. The van der Waals surface area contributed by atoms with Gasteiger partial charge in [-0.2, -0.15) is 13.2 Å². The van der Waals surface area contributed by atoms with E-state index >= 15 is 0 Å². The molecule has 0 spiro atoms. The third-order valence-corrected chi connectivity index (χ3v) is 3.33. The molecule has 1 heterocycles. The van der Waals surface area contributed by atoms with E-state index in [2.05, 4.69) is 9.72 Å². The maximum atomic E-state index is 12.5. The Hall–Kier alpha value is -2.84. The standard InChI is InChI=1S/C15H13F3N2O4/c1-24-12(21)6-11(20-14(23)15(16,17)18)13(22)9-7-19-10-5-3-2-4-8(9)10/h2-5,7,11,19H,6H2,1H3,(H,20,23). The van der Waals surface area contributed by atoms with E-state index in [9.17, 15) is 27.6 Å². The molecule has 1 aromatic heterocycles. The number of halogens is 3. The summed E-state index contributed by atoms with van der Waals surface area (Å²) in [7, 11) is 1.03. The van der Waals surface area contributed by atoms with E-state index in [0.29, 0.717) is 10.9 Å². The lowest BCUT2D eigenvalue weighted by molar-refractivity contribution is -0.174. The SMILES string of the molecule is COC(=O)CC(NC(=O)C(F)(F)F)C(=O)c1c[nH]c2ccccc12. The maximum absolute atomic E-state index is 12.5. The summed E-state index contributed by atoms with van der Waals surface area (Å²) >= 11 is 0. The fourth-order valence-corrected chi connectivity index (χ4v) is 2.16. The lowest BCUT2D eigenvalue weighted by Gasteiger charge is -2.17. The number of carbonyl (C=O) groups excluding carboxylic acids is 3. The second-order valence-corrected chi connectivity index (χ2v) is 4.92. The number of amides is 1. The van der Waals surface area contributed by atoms with E-state index in [1.807, 2.05) is 0 Å². The van der Waals surface area contributed by atoms with Gasteiger partial charge in [0, 0.05) is 22.7 Å². The van der Waals surface area contributed by atoms with Gasteiger partial charge >= 0.3 is 18.1 Å². The highest BCUT2D eigenvalue weighted by atomic mass is 19.4. The molecule has 1 aromatic carbocycles. The van der Waals surface area contributed by atoms with Gasteiger partial charge < -0.3 is 15.0 Å². The minimum absolute atomic E-state index is 0.0713. The van der Waals surface area contributed by atoms with Crippen LogP contribution in [0.25, 0.3) is 10.9 Å². The van der Waals surface area contributed by atoms with Crippen molar-refractivity contribution in [1.82, 2.24) is 10.3 Å². The van der Waals surface area contributed by atoms with E-state index in [4.69, 9.17) is 0 Å². The molecule has 24 heavy (non-hydrogen) atoms. The minimum Gasteiger partial charge on any atom is -0.469 e. The van der Waals surface area contributed by atoms with Crippen molar-refractivity contribution in [3.8, 4) is 0 Å². The molecule has 0 radical (unpaired) electrons. The summed E-state index contributed by atoms with van der Waals surface area (Å²) in [5, 5.41) is 2.02. The van der Waals surface area contributed by atoms with Gasteiger partial charge in [-0.25, -0.2) is 0 Å². The van der Waals surface area contributed by atoms with E-state index in [1.54, 1.807) is 29.6 Å². The molecule has 2 rings (SSSR count). The van der Waals surface area contributed by atoms with Gasteiger partial charge in [0.15, 0.2) is 5.78 Å². The quantitative estimate of drug-likeness (QED) is 0.642. The highest BCUT2D eigenvalue weighted by molar-refractivity contribution is 6.12. The lowest BCUT2D eigenvalue weighted by atomic mass is 10.0. The number of methoxy groups -OCH3 is 1. The second kappa shape index (κ2) is 6.73. The summed E-state index contributed by atoms with van der Waals surface area (Å²) in [6.07, 6.45) is -4.57. The molecule has 0 aliphatic heterocycles. The zero-order chi connectivity index (χ0) is 17.9. The number of fused-ring (bicyclic) bond motifs is 1. The number of aromatic amines is 1. The summed E-state index contributed by atoms with van der Waals surface area (Å²) in [5.41, 5.74) is 0.668. The van der Waals surface area contributed by atoms with E-state index < -0.39 is 36.3 Å². The van der Waals surface area contributed by atoms with Gasteiger partial charge in [0.2, 0.25) is 0 Å². The number of para-hydroxylation sites is 1. The Labute approximate surface area is 134 Å². The molecule has 0 aliphatic carbocycles. The van der Waals surface area contributed by atoms with Crippen LogP contribution >= 0.6 is 0 Å². The number of hydrogen-bond acceptors (Lipinski definition) is 4. The van der Waals surface area contributed by atoms with Crippen molar-refractivity contribution in [1.29, 1.82) is 0 Å². The average molecular weight is 342 g/mol. The number of ketones is 1. The number of aromatic nitrogens is 1. The predicted octanol–water partition coefficient (Wildman–Crippen LogP) is 1.96. The van der Waals surface area contributed by atoms with Crippen LogP contribution < -0.4 is 5.32 Å². The van der Waals surface area contributed by atoms with Gasteiger partial charge in [0.25, 0.3) is 0 Å². The summed E-state index contributed by atoms with van der Waals surface area (Å²) in [6, 6.07) is 4.95. The van der Waals surface area contributed by atoms with Crippen LogP contribution in [0.3, 0.4) is 0 Å². The first-order chi connectivity index (χ1) is 11.2. The second-order valence-electron chi connectivity index (χ2n) is 4.92. The van der Waals surface area contributed by atoms with Gasteiger partial charge in [-0.05, 0) is 6.07 Å². The van der Waals surface area contributed by atoms with Gasteiger partial charge in [-0.1, -0.05) is 18.2 Å². The van der Waals surface area contributed by atoms with Crippen molar-refractivity contribution >= 4 is 28.6 Å². The van der Waals surface area contributed by atoms with Gasteiger partial charge in [0.1, 0.15) is 6.04 Å². The van der Waals surface area contributed by atoms with Crippen molar-refractivity contribution in [3.63, 3.8) is 0 Å². The Balaban J connectivity index is 2.33. The Morgan fingerprint density at radius 3 is 2.54 bits per heavy atom. The van der Waals surface area contributed by atoms with E-state index in [-0.39, 0.29) is 5.56 Å². The van der Waals surface area contributed by atoms with Crippen molar-refractivity contribution in [2.45, 2.75) is 18.6 Å². The Morgan fingerprint density at radius 1 is 1.25 bits per heavy atom. The number of ether oxygens (including phenoxy) is 1. The number of nitrogens with one attached hydrogen (secondary N) is 2. The largest absolute Gasteiger partial charge is 0.471 e. The van der Waals surface area contributed by atoms with Crippen LogP contribution in [0.1, 0.15) is 16.8 Å².